The summed E-state index contributed by atoms with van der Waals surface area (Å²) in [5.41, 5.74) is 0. The van der Waals surface area contributed by atoms with Gasteiger partial charge in [0.15, 0.2) is 0 Å². The number of piperidine rings is 1. The second kappa shape index (κ2) is 10.6. The third kappa shape index (κ3) is 7.94. The Balaban J connectivity index is 2.32. The molecule has 8 nitrogen and oxygen atoms in total. The van der Waals surface area contributed by atoms with Crippen molar-refractivity contribution < 1.29 is 24.3 Å². The minimum Gasteiger partial charge on any atom is -0.481 e. The third-order valence-electron chi connectivity index (χ3n) is 4.03. The Morgan fingerprint density at radius 1 is 1.04 bits per heavy atom. The highest BCUT2D eigenvalue weighted by atomic mass is 16.4. The molecule has 1 atom stereocenters. The van der Waals surface area contributed by atoms with Crippen LogP contribution in [0.4, 0.5) is 0 Å². The first-order chi connectivity index (χ1) is 11.4. The summed E-state index contributed by atoms with van der Waals surface area (Å²) in [7, 11) is 0. The van der Waals surface area contributed by atoms with Crippen molar-refractivity contribution in [3.63, 3.8) is 0 Å². The Labute approximate surface area is 142 Å². The number of carbonyl (C=O) groups is 4. The highest BCUT2D eigenvalue weighted by Gasteiger charge is 2.26. The molecule has 0 aliphatic carbocycles. The molecule has 0 aromatic carbocycles. The van der Waals surface area contributed by atoms with Crippen LogP contribution in [-0.2, 0) is 19.2 Å². The largest absolute Gasteiger partial charge is 0.481 e. The van der Waals surface area contributed by atoms with Crippen LogP contribution in [0.1, 0.15) is 51.9 Å². The number of aliphatic carboxylic acids is 1. The molecule has 24 heavy (non-hydrogen) atoms. The zero-order chi connectivity index (χ0) is 17.9. The fourth-order valence-corrected chi connectivity index (χ4v) is 2.81. The summed E-state index contributed by atoms with van der Waals surface area (Å²) < 4.78 is 0. The summed E-state index contributed by atoms with van der Waals surface area (Å²) in [6.07, 6.45) is 3.47. The number of carboxylic acids is 1. The molecule has 3 N–H and O–H groups in total. The van der Waals surface area contributed by atoms with Crippen LogP contribution in [0, 0.1) is 0 Å². The van der Waals surface area contributed by atoms with Crippen molar-refractivity contribution in [2.75, 3.05) is 19.6 Å². The van der Waals surface area contributed by atoms with E-state index in [1.54, 1.807) is 4.90 Å². The maximum Gasteiger partial charge on any atom is 0.303 e. The number of carboxylic acid groups (broad SMARTS) is 1. The first-order valence-corrected chi connectivity index (χ1v) is 8.42. The number of nitrogens with zero attached hydrogens (tertiary/aromatic N) is 1. The molecular formula is C16H27N3O5. The van der Waals surface area contributed by atoms with Crippen LogP contribution in [0.25, 0.3) is 0 Å². The van der Waals surface area contributed by atoms with Crippen LogP contribution in [0.2, 0.25) is 0 Å². The summed E-state index contributed by atoms with van der Waals surface area (Å²) in [6, 6.07) is -0.0369. The lowest BCUT2D eigenvalue weighted by molar-refractivity contribution is -0.140. The van der Waals surface area contributed by atoms with Crippen molar-refractivity contribution in [2.24, 2.45) is 0 Å². The van der Waals surface area contributed by atoms with Gasteiger partial charge in [-0.1, -0.05) is 0 Å². The standard InChI is InChI=1S/C16H27N3O5/c1-12(20)17-9-10-18-14(21)6-7-15(22)19-11-3-2-4-13(19)5-8-16(23)24/h13H,2-11H2,1H3,(H,17,20)(H,18,21)(H,23,24). The van der Waals surface area contributed by atoms with Gasteiger partial charge in [-0.2, -0.15) is 0 Å². The zero-order valence-corrected chi connectivity index (χ0v) is 14.2. The number of hydrogen-bond acceptors (Lipinski definition) is 4. The Hall–Kier alpha value is -2.12. The van der Waals surface area contributed by atoms with Crippen molar-refractivity contribution in [1.29, 1.82) is 0 Å². The monoisotopic (exact) mass is 341 g/mol. The average Bonchev–Trinajstić information content (AvgIpc) is 2.54. The van der Waals surface area contributed by atoms with Crippen molar-refractivity contribution in [1.82, 2.24) is 15.5 Å². The molecule has 0 radical (unpaired) electrons. The molecule has 3 amide bonds. The fraction of sp³-hybridized carbons (Fsp3) is 0.750. The van der Waals surface area contributed by atoms with E-state index in [1.165, 1.54) is 6.92 Å². The second-order valence-corrected chi connectivity index (χ2v) is 6.00. The molecule has 1 unspecified atom stereocenters. The molecule has 8 heteroatoms. The van der Waals surface area contributed by atoms with Gasteiger partial charge in [-0.15, -0.1) is 0 Å². The van der Waals surface area contributed by atoms with Crippen molar-refractivity contribution >= 4 is 23.7 Å². The van der Waals surface area contributed by atoms with E-state index < -0.39 is 5.97 Å². The van der Waals surface area contributed by atoms with Crippen molar-refractivity contribution in [3.8, 4) is 0 Å². The fourth-order valence-electron chi connectivity index (χ4n) is 2.81. The average molecular weight is 341 g/mol. The molecule has 1 heterocycles. The van der Waals surface area contributed by atoms with Crippen LogP contribution < -0.4 is 10.6 Å². The summed E-state index contributed by atoms with van der Waals surface area (Å²) in [6.45, 7) is 2.73. The lowest BCUT2D eigenvalue weighted by Crippen LogP contribution is -2.44. The number of nitrogens with one attached hydrogen (secondary N) is 2. The minimum atomic E-state index is -0.855. The van der Waals surface area contributed by atoms with Crippen LogP contribution >= 0.6 is 0 Å². The van der Waals surface area contributed by atoms with Crippen LogP contribution in [-0.4, -0.2) is 59.4 Å². The highest BCUT2D eigenvalue weighted by molar-refractivity contribution is 5.84. The second-order valence-electron chi connectivity index (χ2n) is 6.00. The van der Waals surface area contributed by atoms with Crippen LogP contribution in [0.15, 0.2) is 0 Å². The normalized spacial score (nSPS) is 17.2. The van der Waals surface area contributed by atoms with Gasteiger partial charge < -0.3 is 20.6 Å². The molecule has 0 bridgehead atoms. The molecule has 0 aromatic rings. The lowest BCUT2D eigenvalue weighted by Gasteiger charge is -2.35. The molecule has 1 fully saturated rings. The van der Waals surface area contributed by atoms with Gasteiger partial charge in [-0.3, -0.25) is 19.2 Å². The highest BCUT2D eigenvalue weighted by Crippen LogP contribution is 2.22. The first-order valence-electron chi connectivity index (χ1n) is 8.42. The molecule has 1 aliphatic rings. The predicted octanol–water partition coefficient (Wildman–Crippen LogP) is 0.265. The number of hydrogen-bond donors (Lipinski definition) is 3. The van der Waals surface area contributed by atoms with Gasteiger partial charge in [0, 0.05) is 51.9 Å². The minimum absolute atomic E-state index is 0.0369. The molecule has 1 aliphatic heterocycles. The van der Waals surface area contributed by atoms with E-state index in [1.807, 2.05) is 0 Å². The molecular weight excluding hydrogens is 314 g/mol. The lowest BCUT2D eigenvalue weighted by atomic mass is 9.97. The van der Waals surface area contributed by atoms with Gasteiger partial charge in [0.25, 0.3) is 0 Å². The predicted molar refractivity (Wildman–Crippen MR) is 87.1 cm³/mol. The van der Waals surface area contributed by atoms with E-state index in [9.17, 15) is 19.2 Å². The van der Waals surface area contributed by atoms with Crippen LogP contribution in [0.3, 0.4) is 0 Å². The SMILES string of the molecule is CC(=O)NCCNC(=O)CCC(=O)N1CCCCC1CCC(=O)O. The Bertz CT molecular complexity index is 467. The summed E-state index contributed by atoms with van der Waals surface area (Å²) >= 11 is 0. The van der Waals surface area contributed by atoms with Crippen molar-refractivity contribution in [2.45, 2.75) is 57.9 Å². The number of carbonyl (C=O) groups excluding carboxylic acids is 3. The van der Waals surface area contributed by atoms with Crippen molar-refractivity contribution in [3.05, 3.63) is 0 Å². The van der Waals surface area contributed by atoms with Gasteiger partial charge in [-0.05, 0) is 25.7 Å². The van der Waals surface area contributed by atoms with E-state index in [0.717, 1.165) is 19.3 Å². The number of likely N-dealkylation sites (tertiary alicyclic amines) is 1. The zero-order valence-electron chi connectivity index (χ0n) is 14.2. The quantitative estimate of drug-likeness (QED) is 0.520. The Morgan fingerprint density at radius 3 is 2.42 bits per heavy atom. The molecule has 0 saturated carbocycles. The molecule has 136 valence electrons. The molecule has 1 rings (SSSR count). The molecule has 1 saturated heterocycles. The van der Waals surface area contributed by atoms with Gasteiger partial charge in [0.2, 0.25) is 17.7 Å². The number of rotatable bonds is 9. The molecule has 0 aromatic heterocycles. The maximum absolute atomic E-state index is 12.3. The van der Waals surface area contributed by atoms with E-state index in [-0.39, 0.29) is 43.0 Å². The third-order valence-corrected chi connectivity index (χ3v) is 4.03. The summed E-state index contributed by atoms with van der Waals surface area (Å²) in [5, 5.41) is 14.0. The summed E-state index contributed by atoms with van der Waals surface area (Å²) in [4.78, 5) is 47.2. The Morgan fingerprint density at radius 2 is 1.75 bits per heavy atom. The maximum atomic E-state index is 12.3. The molecule has 0 spiro atoms. The number of amides is 3. The van der Waals surface area contributed by atoms with Gasteiger partial charge in [0.05, 0.1) is 0 Å². The topological polar surface area (TPSA) is 116 Å². The van der Waals surface area contributed by atoms with E-state index in [2.05, 4.69) is 10.6 Å². The Kier molecular flexibility index (Phi) is 8.81. The van der Waals surface area contributed by atoms with Gasteiger partial charge in [-0.25, -0.2) is 0 Å². The van der Waals surface area contributed by atoms with E-state index >= 15 is 0 Å². The van der Waals surface area contributed by atoms with Crippen LogP contribution in [0.5, 0.6) is 0 Å². The van der Waals surface area contributed by atoms with Gasteiger partial charge in [0.1, 0.15) is 0 Å². The van der Waals surface area contributed by atoms with E-state index in [0.29, 0.717) is 26.1 Å². The first kappa shape index (κ1) is 19.9. The van der Waals surface area contributed by atoms with E-state index in [4.69, 9.17) is 5.11 Å². The summed E-state index contributed by atoms with van der Waals surface area (Å²) in [5.74, 6) is -1.33. The smallest absolute Gasteiger partial charge is 0.303 e. The van der Waals surface area contributed by atoms with Gasteiger partial charge >= 0.3 is 5.97 Å².